The maximum Gasteiger partial charge on any atom is 0.185 e. The summed E-state index contributed by atoms with van der Waals surface area (Å²) in [4.78, 5) is 0. The molecule has 0 spiro atoms. The molecule has 4 N–H and O–H groups in total. The minimum Gasteiger partial charge on any atom is -0.364 e. The van der Waals surface area contributed by atoms with Crippen LogP contribution in [-0.4, -0.2) is 22.8 Å². The van der Waals surface area contributed by atoms with Gasteiger partial charge in [-0.3, -0.25) is 10.9 Å². The maximum atomic E-state index is 5.38. The van der Waals surface area contributed by atoms with Crippen molar-refractivity contribution in [1.82, 2.24) is 21.5 Å². The summed E-state index contributed by atoms with van der Waals surface area (Å²) in [5, 5.41) is 7.64. The van der Waals surface area contributed by atoms with E-state index in [1.165, 1.54) is 38.5 Å². The van der Waals surface area contributed by atoms with Crippen LogP contribution in [-0.2, 0) is 0 Å². The predicted octanol–water partition coefficient (Wildman–Crippen LogP) is 1.43. The molecule has 4 fully saturated rings. The molecule has 0 unspecified atom stereocenters. The van der Waals surface area contributed by atoms with Crippen LogP contribution in [0.2, 0.25) is 0 Å². The highest BCUT2D eigenvalue weighted by Gasteiger charge is 2.51. The molecule has 0 aromatic heterocycles. The summed E-state index contributed by atoms with van der Waals surface area (Å²) in [6.07, 6.45) is 8.21. The molecule has 6 heteroatoms. The minimum atomic E-state index is 0.252. The van der Waals surface area contributed by atoms with Crippen LogP contribution in [0.25, 0.3) is 0 Å². The van der Waals surface area contributed by atoms with E-state index in [2.05, 4.69) is 21.5 Å². The Labute approximate surface area is 125 Å². The van der Waals surface area contributed by atoms with Crippen molar-refractivity contribution in [3.05, 3.63) is 0 Å². The Bertz CT molecular complexity index is 361. The van der Waals surface area contributed by atoms with Crippen LogP contribution < -0.4 is 21.5 Å². The smallest absolute Gasteiger partial charge is 0.185 e. The van der Waals surface area contributed by atoms with E-state index in [0.29, 0.717) is 10.2 Å². The Balaban J connectivity index is 1.57. The molecule has 106 valence electrons. The monoisotopic (exact) mass is 298 g/mol. The number of hydrogen-bond acceptors (Lipinski definition) is 2. The van der Waals surface area contributed by atoms with Gasteiger partial charge in [-0.15, -0.1) is 0 Å². The molecule has 0 atom stereocenters. The summed E-state index contributed by atoms with van der Waals surface area (Å²) < 4.78 is 0. The van der Waals surface area contributed by atoms with Gasteiger partial charge < -0.3 is 10.6 Å². The second kappa shape index (κ2) is 5.05. The van der Waals surface area contributed by atoms with Crippen molar-refractivity contribution >= 4 is 34.7 Å². The van der Waals surface area contributed by atoms with Crippen LogP contribution in [0.15, 0.2) is 0 Å². The number of nitrogens with one attached hydrogen (secondary N) is 4. The van der Waals surface area contributed by atoms with E-state index < -0.39 is 0 Å². The molecule has 19 heavy (non-hydrogen) atoms. The predicted molar refractivity (Wildman–Crippen MR) is 84.6 cm³/mol. The Morgan fingerprint density at radius 2 is 1.37 bits per heavy atom. The van der Waals surface area contributed by atoms with Crippen molar-refractivity contribution in [3.8, 4) is 0 Å². The molecular weight excluding hydrogens is 276 g/mol. The van der Waals surface area contributed by atoms with E-state index in [4.69, 9.17) is 24.4 Å². The van der Waals surface area contributed by atoms with Gasteiger partial charge in [-0.25, -0.2) is 0 Å². The summed E-state index contributed by atoms with van der Waals surface area (Å²) in [7, 11) is 1.78. The molecule has 0 aromatic rings. The lowest BCUT2D eigenvalue weighted by molar-refractivity contribution is -0.0102. The fourth-order valence-electron chi connectivity index (χ4n) is 4.71. The van der Waals surface area contributed by atoms with Crippen LogP contribution in [0.5, 0.6) is 0 Å². The van der Waals surface area contributed by atoms with Crippen LogP contribution in [0.3, 0.4) is 0 Å². The van der Waals surface area contributed by atoms with Crippen LogP contribution in [0.1, 0.15) is 38.5 Å². The average Bonchev–Trinajstić information content (AvgIpc) is 2.33. The Morgan fingerprint density at radius 3 is 1.84 bits per heavy atom. The van der Waals surface area contributed by atoms with Crippen LogP contribution in [0, 0.1) is 17.8 Å². The summed E-state index contributed by atoms with van der Waals surface area (Å²) in [5.74, 6) is 2.77. The maximum absolute atomic E-state index is 5.38. The zero-order valence-electron chi connectivity index (χ0n) is 11.3. The average molecular weight is 298 g/mol. The van der Waals surface area contributed by atoms with Gasteiger partial charge in [0.15, 0.2) is 10.2 Å². The molecule has 0 aromatic carbocycles. The fourth-order valence-corrected chi connectivity index (χ4v) is 5.03. The summed E-state index contributed by atoms with van der Waals surface area (Å²) in [6.45, 7) is 0. The van der Waals surface area contributed by atoms with Gasteiger partial charge in [0, 0.05) is 12.6 Å². The highest BCUT2D eigenvalue weighted by atomic mass is 32.1. The standard InChI is InChI=1S/C13H22N4S2/c1-14-11(18)16-17-12(19)15-13-5-8-2-9(6-13)4-10(3-8)7-13/h8-10H,2-7H2,1H3,(H2,14,16,18)(H2,15,17,19). The number of hydrogen-bond donors (Lipinski definition) is 4. The normalized spacial score (nSPS) is 38.7. The first kappa shape index (κ1) is 13.4. The molecule has 0 radical (unpaired) electrons. The molecule has 4 rings (SSSR count). The minimum absolute atomic E-state index is 0.252. The van der Waals surface area contributed by atoms with Crippen molar-refractivity contribution in [2.24, 2.45) is 17.8 Å². The molecule has 0 saturated heterocycles. The molecule has 4 bridgehead atoms. The topological polar surface area (TPSA) is 48.1 Å². The number of thiocarbonyl (C=S) groups is 2. The molecule has 0 aliphatic heterocycles. The third kappa shape index (κ3) is 2.79. The Morgan fingerprint density at radius 1 is 0.895 bits per heavy atom. The quantitative estimate of drug-likeness (QED) is 0.434. The van der Waals surface area contributed by atoms with E-state index in [-0.39, 0.29) is 5.54 Å². The Hall–Kier alpha value is -0.620. The van der Waals surface area contributed by atoms with Gasteiger partial charge >= 0.3 is 0 Å². The summed E-state index contributed by atoms with van der Waals surface area (Å²) in [5.41, 5.74) is 6.11. The van der Waals surface area contributed by atoms with Gasteiger partial charge in [-0.1, -0.05) is 0 Å². The van der Waals surface area contributed by atoms with E-state index in [1.54, 1.807) is 7.05 Å². The van der Waals surface area contributed by atoms with E-state index >= 15 is 0 Å². The molecule has 0 heterocycles. The summed E-state index contributed by atoms with van der Waals surface area (Å²) >= 11 is 10.4. The Kier molecular flexibility index (Phi) is 3.55. The third-order valence-corrected chi connectivity index (χ3v) is 5.44. The van der Waals surface area contributed by atoms with Crippen molar-refractivity contribution in [3.63, 3.8) is 0 Å². The highest BCUT2D eigenvalue weighted by molar-refractivity contribution is 7.80. The first-order valence-corrected chi connectivity index (χ1v) is 7.96. The zero-order chi connectivity index (χ0) is 13.5. The molecule has 4 aliphatic rings. The van der Waals surface area contributed by atoms with Gasteiger partial charge in [0.25, 0.3) is 0 Å². The SMILES string of the molecule is CNC(=S)NNC(=S)NC12CC3CC(CC(C3)C1)C2. The van der Waals surface area contributed by atoms with Crippen molar-refractivity contribution in [1.29, 1.82) is 0 Å². The van der Waals surface area contributed by atoms with Gasteiger partial charge in [0.05, 0.1) is 0 Å². The van der Waals surface area contributed by atoms with Gasteiger partial charge in [0.1, 0.15) is 0 Å². The molecule has 4 saturated carbocycles. The van der Waals surface area contributed by atoms with E-state index in [9.17, 15) is 0 Å². The van der Waals surface area contributed by atoms with E-state index in [1.807, 2.05) is 0 Å². The van der Waals surface area contributed by atoms with Crippen molar-refractivity contribution < 1.29 is 0 Å². The lowest BCUT2D eigenvalue weighted by Crippen LogP contribution is -2.63. The number of rotatable bonds is 1. The second-order valence-electron chi connectivity index (χ2n) is 6.48. The molecule has 0 amide bonds. The van der Waals surface area contributed by atoms with Crippen LogP contribution in [0.4, 0.5) is 0 Å². The number of hydrazine groups is 1. The van der Waals surface area contributed by atoms with Crippen molar-refractivity contribution in [2.45, 2.75) is 44.1 Å². The lowest BCUT2D eigenvalue weighted by Gasteiger charge is -2.57. The summed E-state index contributed by atoms with van der Waals surface area (Å²) in [6, 6.07) is 0. The molecule has 4 nitrogen and oxygen atoms in total. The molecular formula is C13H22N4S2. The van der Waals surface area contributed by atoms with Crippen molar-refractivity contribution in [2.75, 3.05) is 7.05 Å². The fraction of sp³-hybridized carbons (Fsp3) is 0.846. The third-order valence-electron chi connectivity index (χ3n) is 4.93. The van der Waals surface area contributed by atoms with Gasteiger partial charge in [-0.05, 0) is 80.7 Å². The van der Waals surface area contributed by atoms with Crippen LogP contribution >= 0.6 is 24.4 Å². The lowest BCUT2D eigenvalue weighted by atomic mass is 9.53. The van der Waals surface area contributed by atoms with E-state index in [0.717, 1.165) is 17.8 Å². The molecule has 4 aliphatic carbocycles. The van der Waals surface area contributed by atoms with Gasteiger partial charge in [0.2, 0.25) is 0 Å². The first-order chi connectivity index (χ1) is 9.08. The highest BCUT2D eigenvalue weighted by Crippen LogP contribution is 2.55. The van der Waals surface area contributed by atoms with Gasteiger partial charge in [-0.2, -0.15) is 0 Å². The zero-order valence-corrected chi connectivity index (χ0v) is 12.9. The second-order valence-corrected chi connectivity index (χ2v) is 7.30. The first-order valence-electron chi connectivity index (χ1n) is 7.14. The largest absolute Gasteiger partial charge is 0.364 e.